The van der Waals surface area contributed by atoms with E-state index in [1.54, 1.807) is 37.0 Å². The third kappa shape index (κ3) is 4.61. The Bertz CT molecular complexity index is 1240. The summed E-state index contributed by atoms with van der Waals surface area (Å²) in [6.07, 6.45) is 2.30. The van der Waals surface area contributed by atoms with Gasteiger partial charge in [0.2, 0.25) is 0 Å². The molecule has 4 rings (SSSR count). The third-order valence-corrected chi connectivity index (χ3v) is 5.96. The maximum absolute atomic E-state index is 13.6. The molecule has 2 heterocycles. The Balaban J connectivity index is 1.87. The average molecular weight is 455 g/mol. The van der Waals surface area contributed by atoms with Gasteiger partial charge in [0.15, 0.2) is 11.5 Å². The van der Waals surface area contributed by atoms with Crippen LogP contribution < -0.4 is 25.5 Å². The molecule has 2 aromatic carbocycles. The molecule has 0 aliphatic carbocycles. The van der Waals surface area contributed by atoms with E-state index in [0.717, 1.165) is 24.8 Å². The van der Waals surface area contributed by atoms with Crippen molar-refractivity contribution in [3.05, 3.63) is 62.8 Å². The zero-order chi connectivity index (χ0) is 23.4. The molecule has 1 fully saturated rings. The number of hydrogen-bond acceptors (Lipinski definition) is 6. The minimum atomic E-state index is -0.338. The highest BCUT2D eigenvalue weighted by atomic mass is 16.5. The second kappa shape index (κ2) is 10.1. The topological polar surface area (TPSA) is 80.9 Å². The van der Waals surface area contributed by atoms with Crippen LogP contribution in [0.1, 0.15) is 37.8 Å². The smallest absolute Gasteiger partial charge is 0.332 e. The summed E-state index contributed by atoms with van der Waals surface area (Å²) in [6.45, 7) is 3.89. The predicted molar refractivity (Wildman–Crippen MR) is 126 cm³/mol. The summed E-state index contributed by atoms with van der Waals surface area (Å²) in [5.41, 5.74) is 0.735. The first-order valence-electron chi connectivity index (χ1n) is 11.3. The van der Waals surface area contributed by atoms with Gasteiger partial charge in [0.1, 0.15) is 5.75 Å². The average Bonchev–Trinajstić information content (AvgIpc) is 2.86. The van der Waals surface area contributed by atoms with Gasteiger partial charge in [0, 0.05) is 19.3 Å². The van der Waals surface area contributed by atoms with Crippen LogP contribution in [0.2, 0.25) is 0 Å². The lowest BCUT2D eigenvalue weighted by atomic mass is 10.1. The van der Waals surface area contributed by atoms with E-state index < -0.39 is 0 Å². The number of benzene rings is 2. The largest absolute Gasteiger partial charge is 0.494 e. The molecule has 1 saturated heterocycles. The molecule has 1 aliphatic heterocycles. The van der Waals surface area contributed by atoms with Crippen molar-refractivity contribution in [3.63, 3.8) is 0 Å². The van der Waals surface area contributed by atoms with Crippen LogP contribution in [0.3, 0.4) is 0 Å². The van der Waals surface area contributed by atoms with Crippen LogP contribution in [0.5, 0.6) is 17.2 Å². The molecule has 0 N–H and O–H groups in total. The molecule has 8 heteroatoms. The molecule has 0 unspecified atom stereocenters. The van der Waals surface area contributed by atoms with Crippen molar-refractivity contribution in [2.75, 3.05) is 34.0 Å². The minimum absolute atomic E-state index is 0.0339. The zero-order valence-corrected chi connectivity index (χ0v) is 19.3. The molecule has 1 aliphatic rings. The van der Waals surface area contributed by atoms with Crippen LogP contribution >= 0.6 is 0 Å². The molecule has 33 heavy (non-hydrogen) atoms. The number of aromatic nitrogens is 2. The first-order valence-corrected chi connectivity index (χ1v) is 11.3. The van der Waals surface area contributed by atoms with Crippen LogP contribution in [-0.2, 0) is 11.3 Å². The highest BCUT2D eigenvalue weighted by Gasteiger charge is 2.23. The van der Waals surface area contributed by atoms with Gasteiger partial charge < -0.3 is 18.9 Å². The fourth-order valence-corrected chi connectivity index (χ4v) is 4.27. The van der Waals surface area contributed by atoms with Crippen molar-refractivity contribution < 1.29 is 18.9 Å². The first kappa shape index (κ1) is 22.9. The summed E-state index contributed by atoms with van der Waals surface area (Å²) < 4.78 is 25.0. The molecule has 0 radical (unpaired) electrons. The summed E-state index contributed by atoms with van der Waals surface area (Å²) in [4.78, 5) is 27.1. The molecule has 0 spiro atoms. The fraction of sp³-hybridized carbons (Fsp3) is 0.440. The number of methoxy groups -OCH3 is 2. The Morgan fingerprint density at radius 2 is 1.76 bits per heavy atom. The monoisotopic (exact) mass is 454 g/mol. The molecule has 176 valence electrons. The molecular formula is C25H30N2O6. The van der Waals surface area contributed by atoms with Crippen molar-refractivity contribution in [3.8, 4) is 17.2 Å². The van der Waals surface area contributed by atoms with E-state index >= 15 is 0 Å². The molecular weight excluding hydrogens is 424 g/mol. The summed E-state index contributed by atoms with van der Waals surface area (Å²) in [7, 11) is 3.12. The van der Waals surface area contributed by atoms with Crippen LogP contribution in [0.4, 0.5) is 0 Å². The zero-order valence-electron chi connectivity index (χ0n) is 19.3. The van der Waals surface area contributed by atoms with Crippen molar-refractivity contribution in [2.24, 2.45) is 0 Å². The Labute approximate surface area is 192 Å². The van der Waals surface area contributed by atoms with Crippen molar-refractivity contribution >= 4 is 10.9 Å². The van der Waals surface area contributed by atoms with Crippen molar-refractivity contribution in [2.45, 2.75) is 38.8 Å². The quantitative estimate of drug-likeness (QED) is 0.519. The van der Waals surface area contributed by atoms with Gasteiger partial charge >= 0.3 is 5.69 Å². The van der Waals surface area contributed by atoms with Crippen LogP contribution in [0.25, 0.3) is 10.9 Å². The summed E-state index contributed by atoms with van der Waals surface area (Å²) in [6, 6.07) is 10.7. The maximum Gasteiger partial charge on any atom is 0.332 e. The fourth-order valence-electron chi connectivity index (χ4n) is 4.27. The Kier molecular flexibility index (Phi) is 7.03. The van der Waals surface area contributed by atoms with E-state index in [1.165, 1.54) is 4.57 Å². The normalized spacial score (nSPS) is 14.4. The van der Waals surface area contributed by atoms with Crippen LogP contribution in [-0.4, -0.2) is 43.2 Å². The number of ether oxygens (including phenoxy) is 4. The number of nitrogens with zero attached hydrogens (tertiary/aromatic N) is 2. The van der Waals surface area contributed by atoms with Crippen molar-refractivity contribution in [1.82, 2.24) is 9.13 Å². The molecule has 1 aromatic heterocycles. The second-order valence-corrected chi connectivity index (χ2v) is 8.10. The molecule has 8 nitrogen and oxygen atoms in total. The predicted octanol–water partition coefficient (Wildman–Crippen LogP) is 3.37. The molecule has 0 bridgehead atoms. The SMILES string of the molecule is CCCOc1ccc2c(c1)c(=O)n(Cc1ccc(OC)c(OC)c1)c(=O)n2C1CCOCC1. The van der Waals surface area contributed by atoms with Gasteiger partial charge in [-0.25, -0.2) is 4.79 Å². The molecule has 3 aromatic rings. The Hall–Kier alpha value is -3.26. The maximum atomic E-state index is 13.6. The van der Waals surface area contributed by atoms with Gasteiger partial charge in [-0.2, -0.15) is 0 Å². The lowest BCUT2D eigenvalue weighted by molar-refractivity contribution is 0.0691. The van der Waals surface area contributed by atoms with Gasteiger partial charge in [-0.05, 0) is 55.2 Å². The highest BCUT2D eigenvalue weighted by Crippen LogP contribution is 2.28. The van der Waals surface area contributed by atoms with E-state index in [4.69, 9.17) is 18.9 Å². The summed E-state index contributed by atoms with van der Waals surface area (Å²) in [5, 5.41) is 0.468. The lowest BCUT2D eigenvalue weighted by Gasteiger charge is -2.26. The van der Waals surface area contributed by atoms with Gasteiger partial charge in [-0.15, -0.1) is 0 Å². The second-order valence-electron chi connectivity index (χ2n) is 8.10. The number of hydrogen-bond donors (Lipinski definition) is 0. The lowest BCUT2D eigenvalue weighted by Crippen LogP contribution is -2.42. The molecule has 0 saturated carbocycles. The number of rotatable bonds is 8. The van der Waals surface area contributed by atoms with E-state index in [-0.39, 0.29) is 23.8 Å². The van der Waals surface area contributed by atoms with Gasteiger partial charge in [0.25, 0.3) is 5.56 Å². The molecule has 0 atom stereocenters. The van der Waals surface area contributed by atoms with Crippen LogP contribution in [0, 0.1) is 0 Å². The van der Waals surface area contributed by atoms with E-state index in [1.807, 2.05) is 25.1 Å². The van der Waals surface area contributed by atoms with Crippen molar-refractivity contribution in [1.29, 1.82) is 0 Å². The van der Waals surface area contributed by atoms with E-state index in [2.05, 4.69) is 0 Å². The standard InChI is InChI=1S/C25H30N2O6/c1-4-11-33-19-6-7-21-20(15-19)24(28)26(25(29)27(21)18-9-12-32-13-10-18)16-17-5-8-22(30-2)23(14-17)31-3/h5-8,14-15,18H,4,9-13,16H2,1-3H3. The van der Waals surface area contributed by atoms with E-state index in [9.17, 15) is 9.59 Å². The Morgan fingerprint density at radius 1 is 1.00 bits per heavy atom. The van der Waals surface area contributed by atoms with Crippen LogP contribution in [0.15, 0.2) is 46.0 Å². The highest BCUT2D eigenvalue weighted by molar-refractivity contribution is 5.80. The van der Waals surface area contributed by atoms with E-state index in [0.29, 0.717) is 48.0 Å². The van der Waals surface area contributed by atoms with Gasteiger partial charge in [-0.3, -0.25) is 13.9 Å². The first-order chi connectivity index (χ1) is 16.1. The minimum Gasteiger partial charge on any atom is -0.494 e. The summed E-state index contributed by atoms with van der Waals surface area (Å²) >= 11 is 0. The third-order valence-electron chi connectivity index (χ3n) is 5.96. The number of fused-ring (bicyclic) bond motifs is 1. The van der Waals surface area contributed by atoms with Gasteiger partial charge in [-0.1, -0.05) is 13.0 Å². The Morgan fingerprint density at radius 3 is 2.45 bits per heavy atom. The molecule has 0 amide bonds. The summed E-state index contributed by atoms with van der Waals surface area (Å²) in [5.74, 6) is 1.75. The van der Waals surface area contributed by atoms with Gasteiger partial charge in [0.05, 0.1) is 38.3 Å².